The van der Waals surface area contributed by atoms with E-state index in [1.165, 1.54) is 31.4 Å². The number of nitriles is 1. The molecule has 1 saturated carbocycles. The number of carbonyl (C=O) groups is 4. The molecule has 1 aliphatic heterocycles. The van der Waals surface area contributed by atoms with Crippen LogP contribution >= 0.6 is 0 Å². The van der Waals surface area contributed by atoms with Crippen LogP contribution in [0.4, 0.5) is 0 Å². The summed E-state index contributed by atoms with van der Waals surface area (Å²) in [7, 11) is 0. The van der Waals surface area contributed by atoms with Gasteiger partial charge in [0.2, 0.25) is 0 Å². The van der Waals surface area contributed by atoms with E-state index in [0.717, 1.165) is 24.2 Å². The van der Waals surface area contributed by atoms with E-state index in [1.807, 2.05) is 0 Å². The van der Waals surface area contributed by atoms with Gasteiger partial charge in [0.25, 0.3) is 17.7 Å². The first-order chi connectivity index (χ1) is 15.8. The summed E-state index contributed by atoms with van der Waals surface area (Å²) in [4.78, 5) is 51.6. The molecule has 1 atom stereocenters. The van der Waals surface area contributed by atoms with Crippen LogP contribution in [0.5, 0.6) is 0 Å². The summed E-state index contributed by atoms with van der Waals surface area (Å²) in [5, 5.41) is 12.3. The average molecular weight is 449 g/mol. The minimum Gasteiger partial charge on any atom is -0.467 e. The van der Waals surface area contributed by atoms with Gasteiger partial charge < -0.3 is 14.5 Å². The average Bonchev–Trinajstić information content (AvgIpc) is 3.42. The molecule has 2 aromatic rings. The molecule has 1 unspecified atom stereocenters. The number of imide groups is 1. The molecule has 2 heterocycles. The van der Waals surface area contributed by atoms with Gasteiger partial charge in [-0.05, 0) is 50.1 Å². The fourth-order valence-electron chi connectivity index (χ4n) is 4.16. The molecule has 1 N–H and O–H groups in total. The molecule has 0 bridgehead atoms. The number of hydrogen-bond donors (Lipinski definition) is 1. The third kappa shape index (κ3) is 4.37. The van der Waals surface area contributed by atoms with Gasteiger partial charge in [-0.2, -0.15) is 5.26 Å². The molecule has 1 aliphatic carbocycles. The van der Waals surface area contributed by atoms with E-state index in [0.29, 0.717) is 18.6 Å². The van der Waals surface area contributed by atoms with Crippen LogP contribution in [-0.2, 0) is 16.1 Å². The van der Waals surface area contributed by atoms with Crippen molar-refractivity contribution >= 4 is 23.7 Å². The highest BCUT2D eigenvalue weighted by Crippen LogP contribution is 2.28. The second-order valence-corrected chi connectivity index (χ2v) is 8.33. The van der Waals surface area contributed by atoms with E-state index >= 15 is 0 Å². The largest absolute Gasteiger partial charge is 0.467 e. The van der Waals surface area contributed by atoms with Crippen molar-refractivity contribution in [1.82, 2.24) is 10.2 Å². The molecule has 3 amide bonds. The fourth-order valence-corrected chi connectivity index (χ4v) is 4.16. The molecular weight excluding hydrogens is 426 g/mol. The SMILES string of the molecule is CC(OC(=O)c1ccc2c(c1)C(=O)N(Cc1ccco1)C2=O)C(=O)NC1(C#N)CCCCC1. The lowest BCUT2D eigenvalue weighted by Crippen LogP contribution is -2.52. The third-order valence-corrected chi connectivity index (χ3v) is 6.04. The first-order valence-electron chi connectivity index (χ1n) is 10.8. The van der Waals surface area contributed by atoms with Crippen molar-refractivity contribution in [2.75, 3.05) is 0 Å². The Kier molecular flexibility index (Phi) is 6.01. The molecular formula is C24H23N3O6. The number of carbonyl (C=O) groups excluding carboxylic acids is 4. The lowest BCUT2D eigenvalue weighted by atomic mass is 9.83. The Morgan fingerprint density at radius 2 is 1.91 bits per heavy atom. The molecule has 1 aromatic carbocycles. The van der Waals surface area contributed by atoms with E-state index in [9.17, 15) is 24.4 Å². The van der Waals surface area contributed by atoms with Crippen LogP contribution in [0.3, 0.4) is 0 Å². The number of nitrogens with zero attached hydrogens (tertiary/aromatic N) is 2. The summed E-state index contributed by atoms with van der Waals surface area (Å²) in [5.41, 5.74) is -0.624. The zero-order chi connectivity index (χ0) is 23.6. The van der Waals surface area contributed by atoms with Gasteiger partial charge in [-0.3, -0.25) is 19.3 Å². The zero-order valence-electron chi connectivity index (χ0n) is 18.1. The molecule has 0 spiro atoms. The molecule has 1 fully saturated rings. The van der Waals surface area contributed by atoms with Crippen LogP contribution in [0, 0.1) is 11.3 Å². The Balaban J connectivity index is 1.43. The number of amides is 3. The number of furan rings is 1. The van der Waals surface area contributed by atoms with Crippen molar-refractivity contribution in [2.45, 2.75) is 57.2 Å². The zero-order valence-corrected chi connectivity index (χ0v) is 18.1. The van der Waals surface area contributed by atoms with Crippen molar-refractivity contribution < 1.29 is 28.3 Å². The second-order valence-electron chi connectivity index (χ2n) is 8.33. The van der Waals surface area contributed by atoms with E-state index in [1.54, 1.807) is 12.1 Å². The van der Waals surface area contributed by atoms with Crippen LogP contribution in [0.15, 0.2) is 41.0 Å². The monoisotopic (exact) mass is 449 g/mol. The number of hydrogen-bond acceptors (Lipinski definition) is 7. The van der Waals surface area contributed by atoms with Gasteiger partial charge in [0.05, 0.1) is 35.6 Å². The molecule has 9 heteroatoms. The van der Waals surface area contributed by atoms with Gasteiger partial charge in [0.1, 0.15) is 11.3 Å². The van der Waals surface area contributed by atoms with Gasteiger partial charge >= 0.3 is 5.97 Å². The quantitative estimate of drug-likeness (QED) is 0.530. The number of benzene rings is 1. The molecule has 2 aliphatic rings. The molecule has 33 heavy (non-hydrogen) atoms. The number of rotatable bonds is 6. The number of ether oxygens (including phenoxy) is 1. The first-order valence-corrected chi connectivity index (χ1v) is 10.8. The summed E-state index contributed by atoms with van der Waals surface area (Å²) in [6.45, 7) is 1.41. The van der Waals surface area contributed by atoms with Gasteiger partial charge in [-0.25, -0.2) is 4.79 Å². The Morgan fingerprint density at radius 1 is 1.18 bits per heavy atom. The van der Waals surface area contributed by atoms with Gasteiger partial charge in [-0.15, -0.1) is 0 Å². The van der Waals surface area contributed by atoms with E-state index in [2.05, 4.69) is 11.4 Å². The van der Waals surface area contributed by atoms with Gasteiger partial charge in [0, 0.05) is 0 Å². The molecule has 170 valence electrons. The van der Waals surface area contributed by atoms with E-state index < -0.39 is 35.3 Å². The van der Waals surface area contributed by atoms with Crippen LogP contribution in [0.2, 0.25) is 0 Å². The summed E-state index contributed by atoms with van der Waals surface area (Å²) in [5.74, 6) is -1.92. The Morgan fingerprint density at radius 3 is 2.58 bits per heavy atom. The van der Waals surface area contributed by atoms with Crippen LogP contribution in [-0.4, -0.2) is 40.2 Å². The molecule has 0 radical (unpaired) electrons. The fraction of sp³-hybridized carbons (Fsp3) is 0.375. The summed E-state index contributed by atoms with van der Waals surface area (Å²) in [6, 6.07) is 9.57. The highest BCUT2D eigenvalue weighted by atomic mass is 16.5. The number of nitrogens with one attached hydrogen (secondary N) is 1. The standard InChI is InChI=1S/C24H23N3O6/c1-15(20(28)26-24(14-25)9-3-2-4-10-24)33-23(31)16-7-8-18-19(12-16)22(30)27(21(18)29)13-17-6-5-11-32-17/h5-8,11-12,15H,2-4,9-10,13H2,1H3,(H,26,28). The van der Waals surface area contributed by atoms with Crippen LogP contribution in [0.1, 0.15) is 75.9 Å². The Hall–Kier alpha value is -3.93. The smallest absolute Gasteiger partial charge is 0.338 e. The Bertz CT molecular complexity index is 1140. The summed E-state index contributed by atoms with van der Waals surface area (Å²) in [6.07, 6.45) is 4.15. The van der Waals surface area contributed by atoms with E-state index in [-0.39, 0.29) is 23.2 Å². The predicted molar refractivity (Wildman–Crippen MR) is 114 cm³/mol. The Labute approximate surface area is 190 Å². The van der Waals surface area contributed by atoms with Gasteiger partial charge in [0.15, 0.2) is 6.10 Å². The van der Waals surface area contributed by atoms with Crippen molar-refractivity contribution in [2.24, 2.45) is 0 Å². The minimum atomic E-state index is -1.13. The van der Waals surface area contributed by atoms with E-state index in [4.69, 9.17) is 9.15 Å². The van der Waals surface area contributed by atoms with Gasteiger partial charge in [-0.1, -0.05) is 19.3 Å². The first kappa shape index (κ1) is 22.3. The summed E-state index contributed by atoms with van der Waals surface area (Å²) < 4.78 is 10.5. The third-order valence-electron chi connectivity index (χ3n) is 6.04. The lowest BCUT2D eigenvalue weighted by Gasteiger charge is -2.32. The number of esters is 1. The normalized spacial score (nSPS) is 17.8. The van der Waals surface area contributed by atoms with Crippen molar-refractivity contribution in [3.8, 4) is 6.07 Å². The van der Waals surface area contributed by atoms with Crippen LogP contribution in [0.25, 0.3) is 0 Å². The summed E-state index contributed by atoms with van der Waals surface area (Å²) >= 11 is 0. The maximum absolute atomic E-state index is 12.7. The van der Waals surface area contributed by atoms with Crippen molar-refractivity contribution in [3.05, 3.63) is 59.0 Å². The van der Waals surface area contributed by atoms with Crippen molar-refractivity contribution in [1.29, 1.82) is 5.26 Å². The van der Waals surface area contributed by atoms with Crippen LogP contribution < -0.4 is 5.32 Å². The molecule has 0 saturated heterocycles. The second kappa shape index (κ2) is 8.90. The molecule has 1 aromatic heterocycles. The lowest BCUT2D eigenvalue weighted by molar-refractivity contribution is -0.130. The minimum absolute atomic E-state index is 0.0169. The highest BCUT2D eigenvalue weighted by Gasteiger charge is 2.38. The molecule has 9 nitrogen and oxygen atoms in total. The molecule has 4 rings (SSSR count). The topological polar surface area (TPSA) is 130 Å². The predicted octanol–water partition coefficient (Wildman–Crippen LogP) is 2.96. The maximum Gasteiger partial charge on any atom is 0.338 e. The van der Waals surface area contributed by atoms with Crippen molar-refractivity contribution in [3.63, 3.8) is 0 Å². The maximum atomic E-state index is 12.7. The highest BCUT2D eigenvalue weighted by molar-refractivity contribution is 6.21. The number of fused-ring (bicyclic) bond motifs is 1.